The van der Waals surface area contributed by atoms with Crippen molar-refractivity contribution in [2.24, 2.45) is 7.05 Å². The minimum Gasteiger partial charge on any atom is -0.337 e. The fourth-order valence-corrected chi connectivity index (χ4v) is 3.21. The fraction of sp³-hybridized carbons (Fsp3) is 0.421. The van der Waals surface area contributed by atoms with Gasteiger partial charge in [-0.15, -0.1) is 0 Å². The van der Waals surface area contributed by atoms with Crippen LogP contribution in [0.4, 0.5) is 5.69 Å². The van der Waals surface area contributed by atoms with Crippen LogP contribution in [0, 0.1) is 6.92 Å². The van der Waals surface area contributed by atoms with Crippen molar-refractivity contribution in [3.8, 4) is 0 Å². The summed E-state index contributed by atoms with van der Waals surface area (Å²) in [5.41, 5.74) is 2.26. The first kappa shape index (κ1) is 18.1. The van der Waals surface area contributed by atoms with E-state index in [1.165, 1.54) is 0 Å². The van der Waals surface area contributed by atoms with Crippen LogP contribution in [0.25, 0.3) is 0 Å². The summed E-state index contributed by atoms with van der Waals surface area (Å²) in [5.74, 6) is 0.00632. The predicted octanol–water partition coefficient (Wildman–Crippen LogP) is 1.52. The molecule has 0 radical (unpaired) electrons. The molecule has 138 valence electrons. The third kappa shape index (κ3) is 4.49. The molecule has 7 heteroatoms. The summed E-state index contributed by atoms with van der Waals surface area (Å²) in [7, 11) is 1.83. The van der Waals surface area contributed by atoms with E-state index in [1.807, 2.05) is 49.2 Å². The number of amides is 2. The van der Waals surface area contributed by atoms with Crippen molar-refractivity contribution in [3.63, 3.8) is 0 Å². The first-order valence-corrected chi connectivity index (χ1v) is 8.89. The molecule has 0 aliphatic carbocycles. The molecule has 1 aromatic heterocycles. The Balaban J connectivity index is 1.53. The molecule has 2 aromatic rings. The number of nitrogens with zero attached hydrogens (tertiary/aromatic N) is 4. The molecule has 0 spiro atoms. The van der Waals surface area contributed by atoms with Gasteiger partial charge in [0.1, 0.15) is 0 Å². The van der Waals surface area contributed by atoms with Gasteiger partial charge in [0, 0.05) is 45.0 Å². The Morgan fingerprint density at radius 1 is 1.12 bits per heavy atom. The van der Waals surface area contributed by atoms with Crippen LogP contribution in [0.5, 0.6) is 0 Å². The van der Waals surface area contributed by atoms with Crippen molar-refractivity contribution in [1.29, 1.82) is 0 Å². The zero-order valence-corrected chi connectivity index (χ0v) is 15.3. The van der Waals surface area contributed by atoms with Crippen LogP contribution < -0.4 is 5.32 Å². The monoisotopic (exact) mass is 355 g/mol. The highest BCUT2D eigenvalue weighted by Gasteiger charge is 2.21. The number of nitrogens with one attached hydrogen (secondary N) is 1. The van der Waals surface area contributed by atoms with Crippen molar-refractivity contribution in [3.05, 3.63) is 47.8 Å². The smallest absolute Gasteiger partial charge is 0.253 e. The summed E-state index contributed by atoms with van der Waals surface area (Å²) in [6.45, 7) is 5.03. The van der Waals surface area contributed by atoms with Gasteiger partial charge in [0.2, 0.25) is 5.91 Å². The van der Waals surface area contributed by atoms with Crippen LogP contribution in [0.15, 0.2) is 36.5 Å². The van der Waals surface area contributed by atoms with Crippen LogP contribution in [0.3, 0.4) is 0 Å². The summed E-state index contributed by atoms with van der Waals surface area (Å²) < 4.78 is 1.68. The average Bonchev–Trinajstić information content (AvgIpc) is 2.82. The Labute approximate surface area is 153 Å². The Bertz CT molecular complexity index is 771. The quantitative estimate of drug-likeness (QED) is 0.903. The van der Waals surface area contributed by atoms with E-state index < -0.39 is 0 Å². The third-order valence-corrected chi connectivity index (χ3v) is 4.55. The number of benzene rings is 1. The molecule has 0 saturated carbocycles. The van der Waals surface area contributed by atoms with Crippen LogP contribution in [-0.2, 0) is 11.8 Å². The van der Waals surface area contributed by atoms with Gasteiger partial charge in [-0.05, 0) is 25.5 Å². The molecule has 1 N–H and O–H groups in total. The maximum atomic E-state index is 12.6. The summed E-state index contributed by atoms with van der Waals surface area (Å²) in [6.07, 6.45) is 2.66. The number of hydrogen-bond donors (Lipinski definition) is 1. The number of aryl methyl sites for hydroxylation is 2. The zero-order chi connectivity index (χ0) is 18.5. The number of aromatic nitrogens is 2. The maximum Gasteiger partial charge on any atom is 0.253 e. The molecule has 26 heavy (non-hydrogen) atoms. The van der Waals surface area contributed by atoms with E-state index in [4.69, 9.17) is 0 Å². The number of hydrogen-bond acceptors (Lipinski definition) is 4. The minimum atomic E-state index is -0.0519. The van der Waals surface area contributed by atoms with E-state index in [9.17, 15) is 9.59 Å². The van der Waals surface area contributed by atoms with Gasteiger partial charge in [0.15, 0.2) is 0 Å². The molecule has 1 aliphatic rings. The predicted molar refractivity (Wildman–Crippen MR) is 100.0 cm³/mol. The molecule has 1 aliphatic heterocycles. The van der Waals surface area contributed by atoms with Gasteiger partial charge in [-0.1, -0.05) is 18.2 Å². The largest absolute Gasteiger partial charge is 0.337 e. The van der Waals surface area contributed by atoms with Gasteiger partial charge in [-0.25, -0.2) is 0 Å². The van der Waals surface area contributed by atoms with E-state index in [-0.39, 0.29) is 11.8 Å². The lowest BCUT2D eigenvalue weighted by atomic mass is 10.2. The number of rotatable bonds is 4. The molecule has 0 bridgehead atoms. The molecule has 2 amide bonds. The molecular formula is C19H25N5O2. The zero-order valence-electron chi connectivity index (χ0n) is 15.3. The van der Waals surface area contributed by atoms with Crippen LogP contribution in [-0.4, -0.2) is 64.1 Å². The van der Waals surface area contributed by atoms with Gasteiger partial charge in [-0.3, -0.25) is 19.2 Å². The summed E-state index contributed by atoms with van der Waals surface area (Å²) in [6, 6.07) is 9.34. The van der Waals surface area contributed by atoms with E-state index in [0.29, 0.717) is 31.7 Å². The summed E-state index contributed by atoms with van der Waals surface area (Å²) in [4.78, 5) is 28.9. The van der Waals surface area contributed by atoms with Crippen molar-refractivity contribution in [2.45, 2.75) is 13.3 Å². The fourth-order valence-electron chi connectivity index (χ4n) is 3.21. The summed E-state index contributed by atoms with van der Waals surface area (Å²) in [5, 5.41) is 7.14. The molecule has 1 aromatic carbocycles. The van der Waals surface area contributed by atoms with E-state index >= 15 is 0 Å². The number of carbonyl (C=O) groups is 2. The van der Waals surface area contributed by atoms with Crippen LogP contribution >= 0.6 is 0 Å². The Morgan fingerprint density at radius 2 is 1.88 bits per heavy atom. The van der Waals surface area contributed by atoms with Gasteiger partial charge < -0.3 is 10.2 Å². The van der Waals surface area contributed by atoms with Gasteiger partial charge in [0.25, 0.3) is 5.91 Å². The van der Waals surface area contributed by atoms with Gasteiger partial charge >= 0.3 is 0 Å². The molecule has 1 fully saturated rings. The molecule has 0 atom stereocenters. The lowest BCUT2D eigenvalue weighted by Gasteiger charge is -2.21. The molecule has 3 rings (SSSR count). The third-order valence-electron chi connectivity index (χ3n) is 4.55. The number of carbonyl (C=O) groups excluding carboxylic acids is 2. The topological polar surface area (TPSA) is 70.5 Å². The first-order valence-electron chi connectivity index (χ1n) is 8.89. The summed E-state index contributed by atoms with van der Waals surface area (Å²) >= 11 is 0. The first-order chi connectivity index (χ1) is 12.5. The molecular weight excluding hydrogens is 330 g/mol. The molecule has 1 saturated heterocycles. The van der Waals surface area contributed by atoms with E-state index in [1.54, 1.807) is 10.9 Å². The van der Waals surface area contributed by atoms with E-state index in [2.05, 4.69) is 15.3 Å². The van der Waals surface area contributed by atoms with Crippen molar-refractivity contribution >= 4 is 17.5 Å². The highest BCUT2D eigenvalue weighted by Crippen LogP contribution is 2.12. The van der Waals surface area contributed by atoms with Crippen LogP contribution in [0.1, 0.15) is 22.5 Å². The Kier molecular flexibility index (Phi) is 5.68. The standard InChI is InChI=1S/C19H25N5O2/c1-15-17(13-22(2)21-15)20-18(25)14-23-9-6-10-24(12-11-23)19(26)16-7-4-3-5-8-16/h3-5,7-8,13H,6,9-12,14H2,1-2H3,(H,20,25). The highest BCUT2D eigenvalue weighted by atomic mass is 16.2. The normalized spacial score (nSPS) is 15.5. The second-order valence-corrected chi connectivity index (χ2v) is 6.64. The SMILES string of the molecule is Cc1nn(C)cc1NC(=O)CN1CCCN(C(=O)c2ccccc2)CC1. The lowest BCUT2D eigenvalue weighted by molar-refractivity contribution is -0.117. The molecule has 2 heterocycles. The van der Waals surface area contributed by atoms with Gasteiger partial charge in [-0.2, -0.15) is 5.10 Å². The lowest BCUT2D eigenvalue weighted by Crippen LogP contribution is -2.38. The Morgan fingerprint density at radius 3 is 2.58 bits per heavy atom. The van der Waals surface area contributed by atoms with Crippen molar-refractivity contribution in [2.75, 3.05) is 38.0 Å². The highest BCUT2D eigenvalue weighted by molar-refractivity contribution is 5.94. The van der Waals surface area contributed by atoms with Crippen molar-refractivity contribution < 1.29 is 9.59 Å². The second kappa shape index (κ2) is 8.14. The molecule has 7 nitrogen and oxygen atoms in total. The van der Waals surface area contributed by atoms with Crippen LogP contribution in [0.2, 0.25) is 0 Å². The van der Waals surface area contributed by atoms with Crippen molar-refractivity contribution in [1.82, 2.24) is 19.6 Å². The van der Waals surface area contributed by atoms with E-state index in [0.717, 1.165) is 24.3 Å². The maximum absolute atomic E-state index is 12.6. The molecule has 0 unspecified atom stereocenters. The van der Waals surface area contributed by atoms with Gasteiger partial charge in [0.05, 0.1) is 17.9 Å². The average molecular weight is 355 g/mol. The second-order valence-electron chi connectivity index (χ2n) is 6.64. The Hall–Kier alpha value is -2.67. The minimum absolute atomic E-state index is 0.0519. The number of anilines is 1.